The lowest BCUT2D eigenvalue weighted by Gasteiger charge is -2.39. The molecule has 1 aliphatic rings. The molecule has 0 saturated heterocycles. The van der Waals surface area contributed by atoms with E-state index in [0.717, 1.165) is 18.4 Å². The number of anilines is 1. The maximum absolute atomic E-state index is 14.0. The van der Waals surface area contributed by atoms with Crippen LogP contribution in [-0.2, 0) is 20.7 Å². The number of thioether (sulfide) groups is 1. The monoisotopic (exact) mass is 545 g/mol. The zero-order valence-corrected chi connectivity index (χ0v) is 23.0. The molecule has 7 nitrogen and oxygen atoms in total. The molecule has 204 valence electrons. The summed E-state index contributed by atoms with van der Waals surface area (Å²) in [7, 11) is 0. The van der Waals surface area contributed by atoms with Crippen LogP contribution < -0.4 is 10.6 Å². The Kier molecular flexibility index (Phi) is 10.3. The highest BCUT2D eigenvalue weighted by molar-refractivity contribution is 8.14. The smallest absolute Gasteiger partial charge is 0.247 e. The number of aromatic nitrogens is 1. The van der Waals surface area contributed by atoms with Crippen molar-refractivity contribution in [3.05, 3.63) is 96.3 Å². The Hall–Kier alpha value is -3.49. The zero-order chi connectivity index (χ0) is 27.5. The van der Waals surface area contributed by atoms with E-state index in [4.69, 9.17) is 4.74 Å². The summed E-state index contributed by atoms with van der Waals surface area (Å²) in [6.07, 6.45) is 6.27. The van der Waals surface area contributed by atoms with Crippen LogP contribution in [-0.4, -0.2) is 46.4 Å². The molecule has 1 aliphatic carbocycles. The van der Waals surface area contributed by atoms with Crippen LogP contribution in [0.5, 0.6) is 0 Å². The minimum absolute atomic E-state index is 0.0649. The maximum Gasteiger partial charge on any atom is 0.247 e. The number of carbonyl (C=O) groups is 3. The molecular formula is C31H35N3O4S. The van der Waals surface area contributed by atoms with Gasteiger partial charge >= 0.3 is 0 Å². The summed E-state index contributed by atoms with van der Waals surface area (Å²) in [6.45, 7) is 2.59. The quantitative estimate of drug-likeness (QED) is 0.340. The number of pyridine rings is 1. The Labute approximate surface area is 234 Å². The van der Waals surface area contributed by atoms with Crippen LogP contribution in [0.2, 0.25) is 0 Å². The van der Waals surface area contributed by atoms with Gasteiger partial charge in [-0.3, -0.25) is 19.4 Å². The van der Waals surface area contributed by atoms with Crippen molar-refractivity contribution in [2.45, 2.75) is 51.2 Å². The first-order valence-corrected chi connectivity index (χ1v) is 14.4. The predicted octanol–water partition coefficient (Wildman–Crippen LogP) is 5.29. The number of hydrogen-bond donors (Lipinski definition) is 2. The molecule has 8 heteroatoms. The highest BCUT2D eigenvalue weighted by Crippen LogP contribution is 2.41. The molecule has 1 aromatic heterocycles. The van der Waals surface area contributed by atoms with Crippen LogP contribution in [0.4, 0.5) is 5.69 Å². The molecule has 2 aromatic carbocycles. The first-order chi connectivity index (χ1) is 19.0. The number of nitrogens with zero attached hydrogens (tertiary/aromatic N) is 1. The Morgan fingerprint density at radius 3 is 2.33 bits per heavy atom. The Morgan fingerprint density at radius 2 is 1.69 bits per heavy atom. The predicted molar refractivity (Wildman–Crippen MR) is 154 cm³/mol. The van der Waals surface area contributed by atoms with E-state index in [1.165, 1.54) is 11.8 Å². The summed E-state index contributed by atoms with van der Waals surface area (Å²) in [5, 5.41) is 5.89. The van der Waals surface area contributed by atoms with Crippen LogP contribution in [0.15, 0.2) is 85.2 Å². The van der Waals surface area contributed by atoms with Gasteiger partial charge in [-0.25, -0.2) is 0 Å². The molecule has 0 unspecified atom stereocenters. The molecule has 1 heterocycles. The summed E-state index contributed by atoms with van der Waals surface area (Å²) in [5.74, 6) is -0.173. The molecule has 0 bridgehead atoms. The number of rotatable bonds is 11. The molecule has 0 radical (unpaired) electrons. The fourth-order valence-electron chi connectivity index (χ4n) is 4.88. The van der Waals surface area contributed by atoms with Gasteiger partial charge in [0, 0.05) is 30.5 Å². The molecule has 3 aromatic rings. The topological polar surface area (TPSA) is 97.4 Å². The van der Waals surface area contributed by atoms with Crippen LogP contribution >= 0.6 is 11.8 Å². The van der Waals surface area contributed by atoms with E-state index < -0.39 is 11.5 Å². The minimum atomic E-state index is -0.795. The van der Waals surface area contributed by atoms with Crippen molar-refractivity contribution in [3.8, 4) is 0 Å². The van der Waals surface area contributed by atoms with E-state index in [2.05, 4.69) is 15.6 Å². The van der Waals surface area contributed by atoms with E-state index in [1.54, 1.807) is 36.7 Å². The highest BCUT2D eigenvalue weighted by atomic mass is 32.2. The number of ether oxygens (including phenoxy) is 1. The zero-order valence-electron chi connectivity index (χ0n) is 22.2. The number of nitrogens with one attached hydrogen (secondary N) is 2. The third-order valence-electron chi connectivity index (χ3n) is 7.10. The molecule has 4 rings (SSSR count). The molecule has 1 saturated carbocycles. The van der Waals surface area contributed by atoms with Gasteiger partial charge in [0.1, 0.15) is 6.04 Å². The van der Waals surface area contributed by atoms with Gasteiger partial charge in [-0.15, -0.1) is 0 Å². The van der Waals surface area contributed by atoms with Gasteiger partial charge in [-0.2, -0.15) is 0 Å². The van der Waals surface area contributed by atoms with Gasteiger partial charge in [0.05, 0.1) is 23.4 Å². The van der Waals surface area contributed by atoms with E-state index >= 15 is 0 Å². The van der Waals surface area contributed by atoms with Crippen molar-refractivity contribution in [1.82, 2.24) is 10.3 Å². The largest absolute Gasteiger partial charge is 0.379 e. The van der Waals surface area contributed by atoms with Crippen LogP contribution in [0.1, 0.15) is 48.5 Å². The van der Waals surface area contributed by atoms with E-state index in [-0.39, 0.29) is 23.0 Å². The van der Waals surface area contributed by atoms with Crippen molar-refractivity contribution in [1.29, 1.82) is 0 Å². The SMILES string of the molecule is CCO[C@H]1CC[C@@](CSC(=O)c2ccccc2)(C(=O)N[C@@H](Cc2ccccc2)C(=O)Nc2cccnc2)CC1. The molecule has 1 fully saturated rings. The number of amides is 2. The Bertz CT molecular complexity index is 1220. The molecule has 2 N–H and O–H groups in total. The second-order valence-corrected chi connectivity index (χ2v) is 10.8. The molecule has 0 aliphatic heterocycles. The van der Waals surface area contributed by atoms with Crippen molar-refractivity contribution in [2.24, 2.45) is 5.41 Å². The third-order valence-corrected chi connectivity index (χ3v) is 8.29. The average Bonchev–Trinajstić information content (AvgIpc) is 2.98. The fraction of sp³-hybridized carbons (Fsp3) is 0.355. The first kappa shape index (κ1) is 28.5. The van der Waals surface area contributed by atoms with E-state index in [0.29, 0.717) is 42.9 Å². The normalized spacial score (nSPS) is 19.6. The average molecular weight is 546 g/mol. The fourth-order valence-corrected chi connectivity index (χ4v) is 6.01. The summed E-state index contributed by atoms with van der Waals surface area (Å²) < 4.78 is 5.84. The van der Waals surface area contributed by atoms with Gasteiger partial charge in [0.15, 0.2) is 0 Å². The lowest BCUT2D eigenvalue weighted by atomic mass is 9.73. The maximum atomic E-state index is 14.0. The van der Waals surface area contributed by atoms with Gasteiger partial charge in [0.25, 0.3) is 0 Å². The van der Waals surface area contributed by atoms with Crippen molar-refractivity contribution < 1.29 is 19.1 Å². The first-order valence-electron chi connectivity index (χ1n) is 13.4. The van der Waals surface area contributed by atoms with Crippen LogP contribution in [0.3, 0.4) is 0 Å². The lowest BCUT2D eigenvalue weighted by molar-refractivity contribution is -0.136. The second-order valence-electron chi connectivity index (χ2n) is 9.82. The summed E-state index contributed by atoms with van der Waals surface area (Å²) in [6, 6.07) is 21.4. The van der Waals surface area contributed by atoms with Gasteiger partial charge < -0.3 is 15.4 Å². The molecule has 2 amide bonds. The number of hydrogen-bond acceptors (Lipinski definition) is 6. The number of benzene rings is 2. The third kappa shape index (κ3) is 8.00. The highest BCUT2D eigenvalue weighted by Gasteiger charge is 2.43. The molecular weight excluding hydrogens is 510 g/mol. The number of carbonyl (C=O) groups excluding carboxylic acids is 3. The van der Waals surface area contributed by atoms with Crippen molar-refractivity contribution in [2.75, 3.05) is 17.7 Å². The van der Waals surface area contributed by atoms with Crippen LogP contribution in [0.25, 0.3) is 0 Å². The van der Waals surface area contributed by atoms with E-state index in [9.17, 15) is 14.4 Å². The summed E-state index contributed by atoms with van der Waals surface area (Å²) in [5.41, 5.74) is 1.32. The van der Waals surface area contributed by atoms with E-state index in [1.807, 2.05) is 55.5 Å². The Morgan fingerprint density at radius 1 is 1.00 bits per heavy atom. The molecule has 0 spiro atoms. The van der Waals surface area contributed by atoms with Crippen LogP contribution in [0, 0.1) is 5.41 Å². The second kappa shape index (κ2) is 14.1. The van der Waals surface area contributed by atoms with Gasteiger partial charge in [-0.1, -0.05) is 72.4 Å². The minimum Gasteiger partial charge on any atom is -0.379 e. The van der Waals surface area contributed by atoms with Crippen molar-refractivity contribution in [3.63, 3.8) is 0 Å². The lowest BCUT2D eigenvalue weighted by Crippen LogP contribution is -2.53. The van der Waals surface area contributed by atoms with Gasteiger partial charge in [-0.05, 0) is 50.3 Å². The summed E-state index contributed by atoms with van der Waals surface area (Å²) >= 11 is 1.17. The summed E-state index contributed by atoms with van der Waals surface area (Å²) in [4.78, 5) is 44.4. The standard InChI is InChI=1S/C31H35N3O4S/c1-2-38-26-15-17-31(18-16-26,22-39-29(36)24-12-7-4-8-13-24)30(37)34-27(20-23-10-5-3-6-11-23)28(35)33-25-14-9-19-32-21-25/h3-14,19,21,26-27H,2,15-18,20,22H2,1H3,(H,33,35)(H,34,37)/t26-,27-,31+/m0/s1. The van der Waals surface area contributed by atoms with Gasteiger partial charge in [0.2, 0.25) is 16.9 Å². The molecule has 1 atom stereocenters. The van der Waals surface area contributed by atoms with Crippen molar-refractivity contribution >= 4 is 34.4 Å². The Balaban J connectivity index is 1.53. The molecule has 39 heavy (non-hydrogen) atoms.